The highest BCUT2D eigenvalue weighted by atomic mass is 32.1. The lowest BCUT2D eigenvalue weighted by Gasteiger charge is -2.06. The minimum Gasteiger partial charge on any atom is -0.360 e. The van der Waals surface area contributed by atoms with E-state index in [2.05, 4.69) is 20.6 Å². The number of nitrogens with one attached hydrogen (secondary N) is 3. The van der Waals surface area contributed by atoms with Gasteiger partial charge in [-0.1, -0.05) is 36.4 Å². The maximum Gasteiger partial charge on any atom is 0.261 e. The molecule has 32 heavy (non-hydrogen) atoms. The van der Waals surface area contributed by atoms with E-state index in [1.165, 1.54) is 22.7 Å². The lowest BCUT2D eigenvalue weighted by molar-refractivity contribution is 0.0953. The van der Waals surface area contributed by atoms with E-state index in [1.807, 2.05) is 59.4 Å². The number of para-hydroxylation sites is 1. The minimum absolute atomic E-state index is 0.100. The third-order valence-corrected chi connectivity index (χ3v) is 6.63. The molecule has 0 bridgehead atoms. The SMILES string of the molecule is O=C(Nc1nc(-c2c[nH]c3ccccc23)cs1)c1ccc(CNC(=O)c2cccs2)cc1. The van der Waals surface area contributed by atoms with E-state index in [9.17, 15) is 9.59 Å². The van der Waals surface area contributed by atoms with Gasteiger partial charge >= 0.3 is 0 Å². The number of H-pyrrole nitrogens is 1. The van der Waals surface area contributed by atoms with Gasteiger partial charge in [-0.05, 0) is 35.2 Å². The Kier molecular flexibility index (Phi) is 5.53. The molecule has 0 aliphatic heterocycles. The third-order valence-electron chi connectivity index (χ3n) is 5.00. The van der Waals surface area contributed by atoms with Crippen molar-refractivity contribution in [2.45, 2.75) is 6.54 Å². The van der Waals surface area contributed by atoms with Crippen LogP contribution < -0.4 is 10.6 Å². The number of fused-ring (bicyclic) bond motifs is 1. The molecule has 3 N–H and O–H groups in total. The maximum atomic E-state index is 12.6. The average molecular weight is 459 g/mol. The van der Waals surface area contributed by atoms with Gasteiger partial charge < -0.3 is 10.3 Å². The molecular weight excluding hydrogens is 440 g/mol. The van der Waals surface area contributed by atoms with Gasteiger partial charge in [-0.15, -0.1) is 22.7 Å². The van der Waals surface area contributed by atoms with Gasteiger partial charge in [-0.25, -0.2) is 4.98 Å². The van der Waals surface area contributed by atoms with Crippen LogP contribution in [0.5, 0.6) is 0 Å². The first-order valence-electron chi connectivity index (χ1n) is 9.91. The second-order valence-electron chi connectivity index (χ2n) is 7.10. The van der Waals surface area contributed by atoms with Crippen LogP contribution >= 0.6 is 22.7 Å². The van der Waals surface area contributed by atoms with E-state index in [0.717, 1.165) is 27.7 Å². The summed E-state index contributed by atoms with van der Waals surface area (Å²) in [6.07, 6.45) is 1.93. The summed E-state index contributed by atoms with van der Waals surface area (Å²) in [6, 6.07) is 18.8. The smallest absolute Gasteiger partial charge is 0.261 e. The van der Waals surface area contributed by atoms with Crippen molar-refractivity contribution in [3.8, 4) is 11.3 Å². The number of thiophene rings is 1. The van der Waals surface area contributed by atoms with E-state index < -0.39 is 0 Å². The molecule has 2 amide bonds. The molecule has 5 rings (SSSR count). The highest BCUT2D eigenvalue weighted by Gasteiger charge is 2.13. The van der Waals surface area contributed by atoms with Gasteiger partial charge in [0.2, 0.25) is 0 Å². The van der Waals surface area contributed by atoms with E-state index >= 15 is 0 Å². The highest BCUT2D eigenvalue weighted by Crippen LogP contribution is 2.31. The van der Waals surface area contributed by atoms with Crippen LogP contribution in [0.25, 0.3) is 22.2 Å². The molecule has 0 saturated heterocycles. The van der Waals surface area contributed by atoms with Gasteiger partial charge in [0.15, 0.2) is 5.13 Å². The van der Waals surface area contributed by atoms with Gasteiger partial charge in [0.05, 0.1) is 10.6 Å². The van der Waals surface area contributed by atoms with Crippen LogP contribution in [-0.4, -0.2) is 21.8 Å². The van der Waals surface area contributed by atoms with Crippen molar-refractivity contribution in [3.63, 3.8) is 0 Å². The van der Waals surface area contributed by atoms with Crippen LogP contribution in [0.1, 0.15) is 25.6 Å². The molecule has 0 spiro atoms. The van der Waals surface area contributed by atoms with Crippen LogP contribution in [0, 0.1) is 0 Å². The molecule has 158 valence electrons. The molecule has 0 atom stereocenters. The highest BCUT2D eigenvalue weighted by molar-refractivity contribution is 7.14. The molecule has 2 aromatic carbocycles. The average Bonchev–Trinajstić information content (AvgIpc) is 3.58. The van der Waals surface area contributed by atoms with Gasteiger partial charge in [0, 0.05) is 40.2 Å². The Labute approximate surface area is 192 Å². The molecule has 3 heterocycles. The number of rotatable bonds is 6. The van der Waals surface area contributed by atoms with Gasteiger partial charge in [-0.3, -0.25) is 14.9 Å². The second kappa shape index (κ2) is 8.78. The molecule has 0 fully saturated rings. The molecule has 6 nitrogen and oxygen atoms in total. The fourth-order valence-electron chi connectivity index (χ4n) is 3.36. The standard InChI is InChI=1S/C24H18N4O2S2/c29-22(16-9-7-15(8-10-16)12-26-23(30)21-6-3-11-31-21)28-24-27-20(14-32-24)18-13-25-19-5-2-1-4-17(18)19/h1-11,13-14,25H,12H2,(H,26,30)(H,27,28,29). The third kappa shape index (κ3) is 4.18. The topological polar surface area (TPSA) is 86.9 Å². The Morgan fingerprint density at radius 1 is 0.938 bits per heavy atom. The quantitative estimate of drug-likeness (QED) is 0.312. The van der Waals surface area contributed by atoms with Gasteiger partial charge in [0.1, 0.15) is 0 Å². The van der Waals surface area contributed by atoms with Gasteiger partial charge in [-0.2, -0.15) is 0 Å². The Morgan fingerprint density at radius 3 is 2.59 bits per heavy atom. The number of aromatic nitrogens is 2. The summed E-state index contributed by atoms with van der Waals surface area (Å²) in [6.45, 7) is 0.402. The normalized spacial score (nSPS) is 10.9. The van der Waals surface area contributed by atoms with Crippen molar-refractivity contribution in [3.05, 3.63) is 93.6 Å². The Morgan fingerprint density at radius 2 is 1.78 bits per heavy atom. The Hall–Kier alpha value is -3.75. The number of hydrogen-bond donors (Lipinski definition) is 3. The summed E-state index contributed by atoms with van der Waals surface area (Å²) in [5.41, 5.74) is 4.32. The van der Waals surface area contributed by atoms with Crippen molar-refractivity contribution < 1.29 is 9.59 Å². The lowest BCUT2D eigenvalue weighted by atomic mass is 10.1. The maximum absolute atomic E-state index is 12.6. The van der Waals surface area contributed by atoms with Crippen LogP contribution in [0.3, 0.4) is 0 Å². The van der Waals surface area contributed by atoms with Crippen LogP contribution in [0.2, 0.25) is 0 Å². The largest absolute Gasteiger partial charge is 0.360 e. The summed E-state index contributed by atoms with van der Waals surface area (Å²) < 4.78 is 0. The first-order valence-corrected chi connectivity index (χ1v) is 11.7. The van der Waals surface area contributed by atoms with Crippen molar-refractivity contribution in [1.82, 2.24) is 15.3 Å². The fourth-order valence-corrected chi connectivity index (χ4v) is 4.70. The monoisotopic (exact) mass is 458 g/mol. The van der Waals surface area contributed by atoms with E-state index in [-0.39, 0.29) is 11.8 Å². The number of nitrogens with zero attached hydrogens (tertiary/aromatic N) is 1. The number of hydrogen-bond acceptors (Lipinski definition) is 5. The predicted molar refractivity (Wildman–Crippen MR) is 129 cm³/mol. The fraction of sp³-hybridized carbons (Fsp3) is 0.0417. The van der Waals surface area contributed by atoms with E-state index in [0.29, 0.717) is 22.1 Å². The molecular formula is C24H18N4O2S2. The second-order valence-corrected chi connectivity index (χ2v) is 8.90. The Balaban J connectivity index is 1.22. The first-order chi connectivity index (χ1) is 15.7. The van der Waals surface area contributed by atoms with Crippen molar-refractivity contribution in [1.29, 1.82) is 0 Å². The van der Waals surface area contributed by atoms with Crippen LogP contribution in [-0.2, 0) is 6.54 Å². The summed E-state index contributed by atoms with van der Waals surface area (Å²) >= 11 is 2.79. The predicted octanol–water partition coefficient (Wildman–Crippen LogP) is 5.54. The first kappa shape index (κ1) is 20.2. The van der Waals surface area contributed by atoms with Gasteiger partial charge in [0.25, 0.3) is 11.8 Å². The molecule has 8 heteroatoms. The van der Waals surface area contributed by atoms with Crippen molar-refractivity contribution in [2.75, 3.05) is 5.32 Å². The summed E-state index contributed by atoms with van der Waals surface area (Å²) in [7, 11) is 0. The zero-order chi connectivity index (χ0) is 21.9. The molecule has 0 unspecified atom stereocenters. The molecule has 0 radical (unpaired) electrons. The van der Waals surface area contributed by atoms with E-state index in [4.69, 9.17) is 0 Å². The number of anilines is 1. The number of benzene rings is 2. The van der Waals surface area contributed by atoms with E-state index in [1.54, 1.807) is 18.2 Å². The number of thiazole rings is 1. The minimum atomic E-state index is -0.223. The summed E-state index contributed by atoms with van der Waals surface area (Å²) in [5, 5.41) is 11.2. The number of aromatic amines is 1. The van der Waals surface area contributed by atoms with Crippen molar-refractivity contribution in [2.24, 2.45) is 0 Å². The van der Waals surface area contributed by atoms with Crippen LogP contribution in [0.4, 0.5) is 5.13 Å². The number of amides is 2. The van der Waals surface area contributed by atoms with Crippen LogP contribution in [0.15, 0.2) is 77.6 Å². The zero-order valence-corrected chi connectivity index (χ0v) is 18.4. The molecule has 0 saturated carbocycles. The summed E-state index contributed by atoms with van der Waals surface area (Å²) in [5.74, 6) is -0.324. The molecule has 3 aromatic heterocycles. The van der Waals surface area contributed by atoms with Crippen molar-refractivity contribution >= 4 is 50.5 Å². The molecule has 5 aromatic rings. The lowest BCUT2D eigenvalue weighted by Crippen LogP contribution is -2.21. The number of carbonyl (C=O) groups is 2. The molecule has 0 aliphatic rings. The zero-order valence-electron chi connectivity index (χ0n) is 16.8. The molecule has 0 aliphatic carbocycles. The number of carbonyl (C=O) groups excluding carboxylic acids is 2. The Bertz CT molecular complexity index is 1390. The summed E-state index contributed by atoms with van der Waals surface area (Å²) in [4.78, 5) is 33.2.